The van der Waals surface area contributed by atoms with Gasteiger partial charge < -0.3 is 0 Å². The molecular weight excluding hydrogens is 454 g/mol. The van der Waals surface area contributed by atoms with Crippen LogP contribution in [0.2, 0.25) is 0 Å². The summed E-state index contributed by atoms with van der Waals surface area (Å²) in [7, 11) is -3.55. The summed E-state index contributed by atoms with van der Waals surface area (Å²) in [6.07, 6.45) is 1.70. The maximum absolute atomic E-state index is 12.6. The zero-order valence-corrected chi connectivity index (χ0v) is 19.9. The Labute approximate surface area is 198 Å². The fourth-order valence-corrected chi connectivity index (χ4v) is 5.45. The van der Waals surface area contributed by atoms with Crippen molar-refractivity contribution in [1.29, 1.82) is 0 Å². The van der Waals surface area contributed by atoms with Gasteiger partial charge in [0, 0.05) is 29.9 Å². The molecule has 178 valence electrons. The van der Waals surface area contributed by atoms with Crippen molar-refractivity contribution >= 4 is 21.8 Å². The number of hydrogen-bond acceptors (Lipinski definition) is 5. The van der Waals surface area contributed by atoms with E-state index in [1.165, 1.54) is 28.6 Å². The molecule has 0 aliphatic carbocycles. The summed E-state index contributed by atoms with van der Waals surface area (Å²) in [6, 6.07) is 14.8. The number of carbonyl (C=O) groups excluding carboxylic acids is 2. The minimum Gasteiger partial charge on any atom is -0.267 e. The molecule has 2 heterocycles. The molecule has 2 aromatic carbocycles. The van der Waals surface area contributed by atoms with Crippen LogP contribution >= 0.6 is 0 Å². The minimum atomic E-state index is -3.55. The largest absolute Gasteiger partial charge is 0.269 e. The molecule has 1 aromatic heterocycles. The number of hydrogen-bond donors (Lipinski definition) is 2. The molecule has 4 rings (SSSR count). The molecule has 10 heteroatoms. The van der Waals surface area contributed by atoms with E-state index in [9.17, 15) is 18.0 Å². The number of amides is 2. The molecule has 1 aliphatic heterocycles. The first-order chi connectivity index (χ1) is 16.2. The molecule has 1 aliphatic rings. The molecule has 0 radical (unpaired) electrons. The monoisotopic (exact) mass is 481 g/mol. The Morgan fingerprint density at radius 1 is 0.912 bits per heavy atom. The molecule has 0 unspecified atom stereocenters. The highest BCUT2D eigenvalue weighted by Crippen LogP contribution is 2.21. The van der Waals surface area contributed by atoms with Crippen LogP contribution in [0.4, 0.5) is 0 Å². The fourth-order valence-electron chi connectivity index (χ4n) is 3.93. The number of nitrogens with zero attached hydrogens (tertiary/aromatic N) is 3. The third kappa shape index (κ3) is 5.18. The van der Waals surface area contributed by atoms with Gasteiger partial charge in [0.25, 0.3) is 11.8 Å². The molecule has 0 spiro atoms. The van der Waals surface area contributed by atoms with Crippen LogP contribution in [0.1, 0.15) is 50.5 Å². The molecule has 0 atom stereocenters. The van der Waals surface area contributed by atoms with E-state index in [4.69, 9.17) is 0 Å². The first-order valence-electron chi connectivity index (χ1n) is 11.0. The number of nitrogens with one attached hydrogen (secondary N) is 2. The zero-order valence-electron chi connectivity index (χ0n) is 19.1. The van der Waals surface area contributed by atoms with Crippen LogP contribution in [0.25, 0.3) is 0 Å². The number of rotatable bonds is 6. The van der Waals surface area contributed by atoms with Crippen LogP contribution in [0, 0.1) is 13.8 Å². The summed E-state index contributed by atoms with van der Waals surface area (Å²) < 4.78 is 28.5. The predicted molar refractivity (Wildman–Crippen MR) is 127 cm³/mol. The fraction of sp³-hybridized carbons (Fsp3) is 0.292. The maximum Gasteiger partial charge on any atom is 0.269 e. The van der Waals surface area contributed by atoms with Crippen molar-refractivity contribution < 1.29 is 18.0 Å². The molecule has 1 fully saturated rings. The van der Waals surface area contributed by atoms with Gasteiger partial charge in [-0.15, -0.1) is 0 Å². The maximum atomic E-state index is 12.6. The number of aromatic nitrogens is 2. The third-order valence-electron chi connectivity index (χ3n) is 5.73. The molecule has 34 heavy (non-hydrogen) atoms. The van der Waals surface area contributed by atoms with E-state index in [-0.39, 0.29) is 10.5 Å². The lowest BCUT2D eigenvalue weighted by molar-refractivity contribution is 0.0846. The van der Waals surface area contributed by atoms with Gasteiger partial charge in [-0.3, -0.25) is 25.1 Å². The molecule has 0 bridgehead atoms. The Morgan fingerprint density at radius 3 is 2.18 bits per heavy atom. The average molecular weight is 482 g/mol. The van der Waals surface area contributed by atoms with Gasteiger partial charge in [0.05, 0.1) is 17.1 Å². The van der Waals surface area contributed by atoms with Crippen LogP contribution < -0.4 is 10.9 Å². The average Bonchev–Trinajstić information content (AvgIpc) is 3.48. The van der Waals surface area contributed by atoms with Gasteiger partial charge in [0.2, 0.25) is 10.0 Å². The van der Waals surface area contributed by atoms with Crippen LogP contribution in [0.3, 0.4) is 0 Å². The van der Waals surface area contributed by atoms with E-state index in [1.807, 2.05) is 30.7 Å². The van der Waals surface area contributed by atoms with Gasteiger partial charge in [-0.2, -0.15) is 9.40 Å². The summed E-state index contributed by atoms with van der Waals surface area (Å²) in [5.41, 5.74) is 8.27. The smallest absolute Gasteiger partial charge is 0.267 e. The lowest BCUT2D eigenvalue weighted by Crippen LogP contribution is -2.41. The van der Waals surface area contributed by atoms with Crippen LogP contribution in [-0.4, -0.2) is 47.4 Å². The summed E-state index contributed by atoms with van der Waals surface area (Å²) >= 11 is 0. The predicted octanol–water partition coefficient (Wildman–Crippen LogP) is 2.41. The van der Waals surface area contributed by atoms with E-state index in [1.54, 1.807) is 18.2 Å². The third-order valence-corrected chi connectivity index (χ3v) is 7.65. The van der Waals surface area contributed by atoms with Crippen LogP contribution in [0.5, 0.6) is 0 Å². The standard InChI is InChI=1S/C24H27N5O4S/c1-17-14-18(2)29(27-17)16-19-6-5-7-21(15-19)24(31)26-25-23(30)20-8-10-22(11-9-20)34(32,33)28-12-3-4-13-28/h5-11,14-15H,3-4,12-13,16H2,1-2H3,(H,25,30)(H,26,31). The van der Waals surface area contributed by atoms with E-state index in [0.717, 1.165) is 29.8 Å². The topological polar surface area (TPSA) is 113 Å². The van der Waals surface area contributed by atoms with E-state index < -0.39 is 21.8 Å². The normalized spacial score (nSPS) is 14.2. The molecule has 2 amide bonds. The Morgan fingerprint density at radius 2 is 1.56 bits per heavy atom. The molecule has 1 saturated heterocycles. The molecule has 9 nitrogen and oxygen atoms in total. The van der Waals surface area contributed by atoms with Crippen molar-refractivity contribution in [2.24, 2.45) is 0 Å². The van der Waals surface area contributed by atoms with Crippen molar-refractivity contribution in [3.63, 3.8) is 0 Å². The van der Waals surface area contributed by atoms with Crippen molar-refractivity contribution in [3.8, 4) is 0 Å². The summed E-state index contributed by atoms with van der Waals surface area (Å²) in [6.45, 7) is 5.45. The van der Waals surface area contributed by atoms with Crippen molar-refractivity contribution in [2.45, 2.75) is 38.1 Å². The SMILES string of the molecule is Cc1cc(C)n(Cc2cccc(C(=O)NNC(=O)c3ccc(S(=O)(=O)N4CCCC4)cc3)c2)n1. The second-order valence-corrected chi connectivity index (χ2v) is 10.3. The van der Waals surface area contributed by atoms with Gasteiger partial charge >= 0.3 is 0 Å². The highest BCUT2D eigenvalue weighted by molar-refractivity contribution is 7.89. The Balaban J connectivity index is 1.36. The number of aryl methyl sites for hydroxylation is 2. The van der Waals surface area contributed by atoms with Gasteiger partial charge in [0.15, 0.2) is 0 Å². The summed E-state index contributed by atoms with van der Waals surface area (Å²) in [5.74, 6) is -1.01. The van der Waals surface area contributed by atoms with Crippen LogP contribution in [0.15, 0.2) is 59.5 Å². The van der Waals surface area contributed by atoms with Gasteiger partial charge in [-0.1, -0.05) is 12.1 Å². The van der Waals surface area contributed by atoms with E-state index >= 15 is 0 Å². The molecular formula is C24H27N5O4S. The Hall–Kier alpha value is -3.50. The number of carbonyl (C=O) groups is 2. The lowest BCUT2D eigenvalue weighted by Gasteiger charge is -2.15. The quantitative estimate of drug-likeness (QED) is 0.525. The highest BCUT2D eigenvalue weighted by Gasteiger charge is 2.27. The number of benzene rings is 2. The van der Waals surface area contributed by atoms with Gasteiger partial charge in [0.1, 0.15) is 0 Å². The second kappa shape index (κ2) is 9.78. The second-order valence-electron chi connectivity index (χ2n) is 8.33. The van der Waals surface area contributed by atoms with E-state index in [0.29, 0.717) is 25.2 Å². The van der Waals surface area contributed by atoms with Gasteiger partial charge in [-0.05, 0) is 74.7 Å². The summed E-state index contributed by atoms with van der Waals surface area (Å²) in [4.78, 5) is 25.2. The van der Waals surface area contributed by atoms with E-state index in [2.05, 4.69) is 16.0 Å². The molecule has 0 saturated carbocycles. The van der Waals surface area contributed by atoms with Crippen molar-refractivity contribution in [1.82, 2.24) is 24.9 Å². The number of hydrazine groups is 1. The highest BCUT2D eigenvalue weighted by atomic mass is 32.2. The summed E-state index contributed by atoms with van der Waals surface area (Å²) in [5, 5.41) is 4.44. The minimum absolute atomic E-state index is 0.148. The zero-order chi connectivity index (χ0) is 24.3. The first kappa shape index (κ1) is 23.7. The van der Waals surface area contributed by atoms with Gasteiger partial charge in [-0.25, -0.2) is 8.42 Å². The Kier molecular flexibility index (Phi) is 6.80. The Bertz CT molecular complexity index is 1310. The van der Waals surface area contributed by atoms with Crippen LogP contribution in [-0.2, 0) is 16.6 Å². The first-order valence-corrected chi connectivity index (χ1v) is 12.5. The van der Waals surface area contributed by atoms with Crippen molar-refractivity contribution in [2.75, 3.05) is 13.1 Å². The van der Waals surface area contributed by atoms with Crippen molar-refractivity contribution in [3.05, 3.63) is 82.7 Å². The molecule has 3 aromatic rings. The lowest BCUT2D eigenvalue weighted by atomic mass is 10.1. The number of sulfonamides is 1. The molecule has 2 N–H and O–H groups in total.